The minimum Gasteiger partial charge on any atom is -0.321 e. The number of urea groups is 1. The monoisotopic (exact) mass is 475 g/mol. The third kappa shape index (κ3) is 5.94. The Morgan fingerprint density at radius 1 is 0.750 bits per heavy atom. The number of anilines is 3. The fraction of sp³-hybridized carbons (Fsp3) is 0.111. The zero-order chi connectivity index (χ0) is 23.5. The summed E-state index contributed by atoms with van der Waals surface area (Å²) in [4.78, 5) is 23.9. The number of rotatable bonds is 4. The van der Waals surface area contributed by atoms with Gasteiger partial charge in [0, 0.05) is 22.4 Å². The van der Waals surface area contributed by atoms with Crippen LogP contribution in [0.3, 0.4) is 0 Å². The first-order valence-corrected chi connectivity index (χ1v) is 9.31. The zero-order valence-corrected chi connectivity index (χ0v) is 16.3. The van der Waals surface area contributed by atoms with Crippen molar-refractivity contribution >= 4 is 40.5 Å². The molecule has 0 saturated carbocycles. The molecule has 1 aromatic heterocycles. The van der Waals surface area contributed by atoms with Crippen LogP contribution in [-0.2, 0) is 12.4 Å². The van der Waals surface area contributed by atoms with Crippen molar-refractivity contribution in [2.24, 2.45) is 0 Å². The topological polar surface area (TPSA) is 96.0 Å². The third-order valence-corrected chi connectivity index (χ3v) is 4.34. The first kappa shape index (κ1) is 23.0. The van der Waals surface area contributed by atoms with Gasteiger partial charge in [-0.25, -0.2) is 4.79 Å². The van der Waals surface area contributed by atoms with Gasteiger partial charge in [-0.2, -0.15) is 26.3 Å². The smallest absolute Gasteiger partial charge is 0.321 e. The summed E-state index contributed by atoms with van der Waals surface area (Å²) in [5.41, 5.74) is -3.18. The summed E-state index contributed by atoms with van der Waals surface area (Å²) in [5.74, 6) is -0.512. The second kappa shape index (κ2) is 8.82. The van der Waals surface area contributed by atoms with Gasteiger partial charge in [-0.1, -0.05) is 4.49 Å². The molecule has 168 valence electrons. The lowest BCUT2D eigenvalue weighted by Crippen LogP contribution is -2.21. The largest absolute Gasteiger partial charge is 0.416 e. The predicted octanol–water partition coefficient (Wildman–Crippen LogP) is 5.47. The molecular weight excluding hydrogens is 464 g/mol. The van der Waals surface area contributed by atoms with Gasteiger partial charge in [-0.15, -0.1) is 5.10 Å². The molecule has 0 spiro atoms. The first-order chi connectivity index (χ1) is 14.9. The average Bonchev–Trinajstić information content (AvgIpc) is 3.23. The van der Waals surface area contributed by atoms with E-state index in [1.54, 1.807) is 0 Å². The Balaban J connectivity index is 1.68. The molecule has 0 atom stereocenters. The highest BCUT2D eigenvalue weighted by atomic mass is 32.1. The molecule has 0 bridgehead atoms. The molecule has 14 heteroatoms. The van der Waals surface area contributed by atoms with Crippen molar-refractivity contribution < 1.29 is 35.9 Å². The van der Waals surface area contributed by atoms with E-state index in [0.29, 0.717) is 17.8 Å². The third-order valence-electron chi connectivity index (χ3n) is 3.84. The molecule has 0 radical (unpaired) electrons. The summed E-state index contributed by atoms with van der Waals surface area (Å²) < 4.78 is 81.0. The fourth-order valence-electron chi connectivity index (χ4n) is 2.42. The van der Waals surface area contributed by atoms with Crippen LogP contribution in [-0.4, -0.2) is 21.5 Å². The average molecular weight is 475 g/mol. The van der Waals surface area contributed by atoms with Crippen molar-refractivity contribution in [3.05, 3.63) is 64.7 Å². The van der Waals surface area contributed by atoms with Gasteiger partial charge in [0.25, 0.3) is 5.91 Å². The van der Waals surface area contributed by atoms with Crippen LogP contribution >= 0.6 is 11.5 Å². The molecule has 0 aliphatic carbocycles. The van der Waals surface area contributed by atoms with E-state index < -0.39 is 41.1 Å². The van der Waals surface area contributed by atoms with Crippen molar-refractivity contribution in [1.82, 2.24) is 9.59 Å². The second-order valence-electron chi connectivity index (χ2n) is 6.20. The van der Waals surface area contributed by atoms with Gasteiger partial charge in [0.05, 0.1) is 11.1 Å². The minimum absolute atomic E-state index is 0.0439. The molecule has 3 N–H and O–H groups in total. The number of benzene rings is 2. The molecule has 0 aliphatic rings. The maximum absolute atomic E-state index is 12.9. The molecule has 0 aliphatic heterocycles. The minimum atomic E-state index is -5.04. The Bertz CT molecular complexity index is 1080. The summed E-state index contributed by atoms with van der Waals surface area (Å²) >= 11 is 0.991. The second-order valence-corrected chi connectivity index (χ2v) is 6.81. The number of alkyl halides is 6. The van der Waals surface area contributed by atoms with Crippen LogP contribution in [0.5, 0.6) is 0 Å². The van der Waals surface area contributed by atoms with E-state index in [4.69, 9.17) is 0 Å². The molecule has 32 heavy (non-hydrogen) atoms. The summed E-state index contributed by atoms with van der Waals surface area (Å²) in [6.45, 7) is 0. The van der Waals surface area contributed by atoms with E-state index >= 15 is 0 Å². The normalized spacial score (nSPS) is 11.7. The van der Waals surface area contributed by atoms with Gasteiger partial charge in [0.1, 0.15) is 0 Å². The molecule has 2 aromatic carbocycles. The van der Waals surface area contributed by atoms with Gasteiger partial charge >= 0.3 is 18.4 Å². The van der Waals surface area contributed by atoms with Crippen LogP contribution in [0.25, 0.3) is 0 Å². The van der Waals surface area contributed by atoms with Gasteiger partial charge in [-0.3, -0.25) is 4.79 Å². The number of amides is 3. The molecule has 3 rings (SSSR count). The lowest BCUT2D eigenvalue weighted by molar-refractivity contribution is -0.143. The summed E-state index contributed by atoms with van der Waals surface area (Å²) in [6.07, 6.45) is -10.1. The highest BCUT2D eigenvalue weighted by Gasteiger charge is 2.37. The maximum atomic E-state index is 12.9. The first-order valence-electron chi connectivity index (χ1n) is 8.48. The quantitative estimate of drug-likeness (QED) is 0.436. The number of aromatic nitrogens is 2. The number of nitrogens with one attached hydrogen (secondary N) is 3. The van der Waals surface area contributed by atoms with E-state index in [9.17, 15) is 35.9 Å². The number of halogens is 6. The highest BCUT2D eigenvalue weighted by molar-refractivity contribution is 7.03. The van der Waals surface area contributed by atoms with Crippen LogP contribution < -0.4 is 16.0 Å². The van der Waals surface area contributed by atoms with E-state index in [-0.39, 0.29) is 17.4 Å². The van der Waals surface area contributed by atoms with Crippen molar-refractivity contribution in [2.75, 3.05) is 16.0 Å². The SMILES string of the molecule is O=C(Nc1ccc(NC(=O)c2csnn2)cc1)Nc1cc(C(F)(F)F)cc(C(F)(F)F)c1. The van der Waals surface area contributed by atoms with Crippen LogP contribution in [0.15, 0.2) is 47.8 Å². The Hall–Kier alpha value is -3.68. The number of carbonyl (C=O) groups excluding carboxylic acids is 2. The molecule has 1 heterocycles. The van der Waals surface area contributed by atoms with E-state index in [2.05, 4.69) is 20.2 Å². The standard InChI is InChI=1S/C18H11F6N5O2S/c19-17(20,21)9-5-10(18(22,23)24)7-13(6-9)27-16(31)26-12-3-1-11(2-4-12)25-15(30)14-8-32-29-28-14/h1-8H,(H,25,30)(H2,26,27,31). The van der Waals surface area contributed by atoms with E-state index in [1.807, 2.05) is 5.32 Å². The van der Waals surface area contributed by atoms with E-state index in [1.165, 1.54) is 29.6 Å². The molecular formula is C18H11F6N5O2S. The van der Waals surface area contributed by atoms with Gasteiger partial charge in [-0.05, 0) is 54.0 Å². The van der Waals surface area contributed by atoms with Crippen LogP contribution in [0.1, 0.15) is 21.6 Å². The predicted molar refractivity (Wildman–Crippen MR) is 103 cm³/mol. The Labute approximate surface area is 179 Å². The number of hydrogen-bond acceptors (Lipinski definition) is 5. The lowest BCUT2D eigenvalue weighted by Gasteiger charge is -2.15. The van der Waals surface area contributed by atoms with Crippen molar-refractivity contribution in [1.29, 1.82) is 0 Å². The van der Waals surface area contributed by atoms with Crippen molar-refractivity contribution in [3.63, 3.8) is 0 Å². The van der Waals surface area contributed by atoms with Crippen molar-refractivity contribution in [2.45, 2.75) is 12.4 Å². The molecule has 0 fully saturated rings. The van der Waals surface area contributed by atoms with Gasteiger partial charge in [0.2, 0.25) is 0 Å². The number of hydrogen-bond donors (Lipinski definition) is 3. The van der Waals surface area contributed by atoms with Crippen LogP contribution in [0, 0.1) is 0 Å². The van der Waals surface area contributed by atoms with Crippen molar-refractivity contribution in [3.8, 4) is 0 Å². The zero-order valence-electron chi connectivity index (χ0n) is 15.5. The fourth-order valence-corrected chi connectivity index (χ4v) is 2.85. The number of carbonyl (C=O) groups is 2. The summed E-state index contributed by atoms with van der Waals surface area (Å²) in [6, 6.07) is 5.23. The van der Waals surface area contributed by atoms with Crippen LogP contribution in [0.2, 0.25) is 0 Å². The molecule has 7 nitrogen and oxygen atoms in total. The Kier molecular flexibility index (Phi) is 6.34. The van der Waals surface area contributed by atoms with Gasteiger partial charge < -0.3 is 16.0 Å². The summed E-state index contributed by atoms with van der Waals surface area (Å²) in [7, 11) is 0. The van der Waals surface area contributed by atoms with E-state index in [0.717, 1.165) is 11.5 Å². The molecule has 3 aromatic rings. The van der Waals surface area contributed by atoms with Crippen LogP contribution in [0.4, 0.5) is 48.2 Å². The summed E-state index contributed by atoms with van der Waals surface area (Å²) in [5, 5.41) is 11.8. The Morgan fingerprint density at radius 3 is 1.72 bits per heavy atom. The number of nitrogens with zero attached hydrogens (tertiary/aromatic N) is 2. The maximum Gasteiger partial charge on any atom is 0.416 e. The molecule has 0 unspecified atom stereocenters. The Morgan fingerprint density at radius 2 is 1.25 bits per heavy atom. The molecule has 0 saturated heterocycles. The van der Waals surface area contributed by atoms with Gasteiger partial charge in [0.15, 0.2) is 5.69 Å². The molecule has 3 amide bonds. The lowest BCUT2D eigenvalue weighted by atomic mass is 10.1. The highest BCUT2D eigenvalue weighted by Crippen LogP contribution is 2.37.